The molecule has 0 radical (unpaired) electrons. The predicted octanol–water partition coefficient (Wildman–Crippen LogP) is 3.44. The molecular weight excluding hydrogens is 228 g/mol. The second-order valence-corrected chi connectivity index (χ2v) is 5.47. The number of aromatic nitrogens is 2. The smallest absolute Gasteiger partial charge is 0.419 e. The second kappa shape index (κ2) is 4.12. The summed E-state index contributed by atoms with van der Waals surface area (Å²) in [6.07, 6.45) is 3.16. The molecule has 0 aliphatic carbocycles. The van der Waals surface area contributed by atoms with Crippen molar-refractivity contribution in [3.63, 3.8) is 0 Å². The van der Waals surface area contributed by atoms with Gasteiger partial charge in [0.05, 0.1) is 11.0 Å². The van der Waals surface area contributed by atoms with Gasteiger partial charge < -0.3 is 4.74 Å². The van der Waals surface area contributed by atoms with Crippen LogP contribution in [0.25, 0.3) is 11.0 Å². The monoisotopic (exact) mass is 246 g/mol. The van der Waals surface area contributed by atoms with Crippen LogP contribution in [0.4, 0.5) is 4.79 Å². The largest absolute Gasteiger partial charge is 0.443 e. The molecule has 2 rings (SSSR count). The summed E-state index contributed by atoms with van der Waals surface area (Å²) < 4.78 is 6.91. The highest BCUT2D eigenvalue weighted by Gasteiger charge is 2.20. The number of pyridine rings is 1. The fourth-order valence-electron chi connectivity index (χ4n) is 1.81. The summed E-state index contributed by atoms with van der Waals surface area (Å²) in [5.41, 5.74) is 3.24. The SMILES string of the molecule is Cc1cnc2ccn(C(=O)OC(C)(C)C)c2c1C. The predicted molar refractivity (Wildman–Crippen MR) is 70.8 cm³/mol. The molecule has 0 fully saturated rings. The van der Waals surface area contributed by atoms with Gasteiger partial charge in [-0.3, -0.25) is 9.55 Å². The Balaban J connectivity index is 2.52. The summed E-state index contributed by atoms with van der Waals surface area (Å²) in [6, 6.07) is 1.83. The number of ether oxygens (including phenoxy) is 1. The average Bonchev–Trinajstić information content (AvgIpc) is 2.65. The van der Waals surface area contributed by atoms with Crippen LogP contribution in [0.5, 0.6) is 0 Å². The van der Waals surface area contributed by atoms with Crippen molar-refractivity contribution < 1.29 is 9.53 Å². The number of carbonyl (C=O) groups is 1. The molecule has 2 aromatic rings. The van der Waals surface area contributed by atoms with E-state index in [0.29, 0.717) is 0 Å². The Labute approximate surface area is 107 Å². The standard InChI is InChI=1S/C14H18N2O2/c1-9-8-15-11-6-7-16(12(11)10(9)2)13(17)18-14(3,4)5/h6-8H,1-5H3. The van der Waals surface area contributed by atoms with Gasteiger partial charge in [-0.2, -0.15) is 0 Å². The number of hydrogen-bond acceptors (Lipinski definition) is 3. The van der Waals surface area contributed by atoms with Gasteiger partial charge in [0.2, 0.25) is 0 Å². The summed E-state index contributed by atoms with van der Waals surface area (Å²) >= 11 is 0. The molecule has 0 amide bonds. The summed E-state index contributed by atoms with van der Waals surface area (Å²) in [5, 5.41) is 0. The first-order valence-electron chi connectivity index (χ1n) is 5.96. The lowest BCUT2D eigenvalue weighted by Gasteiger charge is -2.20. The first-order valence-corrected chi connectivity index (χ1v) is 5.96. The third-order valence-corrected chi connectivity index (χ3v) is 2.80. The van der Waals surface area contributed by atoms with E-state index >= 15 is 0 Å². The highest BCUT2D eigenvalue weighted by Crippen LogP contribution is 2.21. The zero-order valence-electron chi connectivity index (χ0n) is 11.4. The van der Waals surface area contributed by atoms with Gasteiger partial charge in [0, 0.05) is 12.4 Å². The van der Waals surface area contributed by atoms with Gasteiger partial charge >= 0.3 is 6.09 Å². The Morgan fingerprint density at radius 3 is 2.61 bits per heavy atom. The first-order chi connectivity index (χ1) is 8.29. The first kappa shape index (κ1) is 12.6. The van der Waals surface area contributed by atoms with Gasteiger partial charge in [-0.1, -0.05) is 0 Å². The van der Waals surface area contributed by atoms with Crippen molar-refractivity contribution in [2.75, 3.05) is 0 Å². The zero-order chi connectivity index (χ0) is 13.5. The number of hydrogen-bond donors (Lipinski definition) is 0. The maximum Gasteiger partial charge on any atom is 0.419 e. The molecule has 4 nitrogen and oxygen atoms in total. The maximum atomic E-state index is 12.1. The Morgan fingerprint density at radius 2 is 2.00 bits per heavy atom. The molecule has 18 heavy (non-hydrogen) atoms. The summed E-state index contributed by atoms with van der Waals surface area (Å²) in [4.78, 5) is 16.4. The van der Waals surface area contributed by atoms with Crippen molar-refractivity contribution in [3.05, 3.63) is 29.6 Å². The fraction of sp³-hybridized carbons (Fsp3) is 0.429. The van der Waals surface area contributed by atoms with Gasteiger partial charge in [0.1, 0.15) is 5.60 Å². The Morgan fingerprint density at radius 1 is 1.33 bits per heavy atom. The molecule has 0 unspecified atom stereocenters. The van der Waals surface area contributed by atoms with Crippen LogP contribution >= 0.6 is 0 Å². The van der Waals surface area contributed by atoms with Crippen LogP contribution in [0.15, 0.2) is 18.5 Å². The highest BCUT2D eigenvalue weighted by molar-refractivity contribution is 5.89. The molecule has 0 aromatic carbocycles. The quantitative estimate of drug-likeness (QED) is 0.715. The molecule has 0 aliphatic rings. The number of carbonyl (C=O) groups excluding carboxylic acids is 1. The molecule has 0 atom stereocenters. The maximum absolute atomic E-state index is 12.1. The van der Waals surface area contributed by atoms with E-state index in [-0.39, 0.29) is 6.09 Å². The lowest BCUT2D eigenvalue weighted by Crippen LogP contribution is -2.26. The number of fused-ring (bicyclic) bond motifs is 1. The Bertz CT molecular complexity index is 606. The van der Waals surface area contributed by atoms with Crippen molar-refractivity contribution in [3.8, 4) is 0 Å². The van der Waals surface area contributed by atoms with Crippen LogP contribution in [0.1, 0.15) is 31.9 Å². The second-order valence-electron chi connectivity index (χ2n) is 5.47. The normalized spacial score (nSPS) is 11.8. The van der Waals surface area contributed by atoms with Crippen LogP contribution < -0.4 is 0 Å². The molecule has 96 valence electrons. The number of nitrogens with zero attached hydrogens (tertiary/aromatic N) is 2. The zero-order valence-corrected chi connectivity index (χ0v) is 11.4. The fourth-order valence-corrected chi connectivity index (χ4v) is 1.81. The summed E-state index contributed by atoms with van der Waals surface area (Å²) in [7, 11) is 0. The molecule has 0 N–H and O–H groups in total. The third-order valence-electron chi connectivity index (χ3n) is 2.80. The van der Waals surface area contributed by atoms with E-state index in [4.69, 9.17) is 4.74 Å². The highest BCUT2D eigenvalue weighted by atomic mass is 16.6. The Kier molecular flexibility index (Phi) is 2.89. The molecule has 4 heteroatoms. The van der Waals surface area contributed by atoms with Crippen molar-refractivity contribution >= 4 is 17.1 Å². The molecular formula is C14H18N2O2. The molecule has 0 saturated heterocycles. The molecule has 0 saturated carbocycles. The van der Waals surface area contributed by atoms with E-state index in [1.807, 2.05) is 46.9 Å². The van der Waals surface area contributed by atoms with Gasteiger partial charge in [0.25, 0.3) is 0 Å². The lowest BCUT2D eigenvalue weighted by molar-refractivity contribution is 0.0544. The molecule has 0 spiro atoms. The third kappa shape index (κ3) is 2.23. The van der Waals surface area contributed by atoms with Gasteiger partial charge in [0.15, 0.2) is 0 Å². The van der Waals surface area contributed by atoms with Gasteiger partial charge in [-0.25, -0.2) is 4.79 Å². The minimum Gasteiger partial charge on any atom is -0.443 e. The average molecular weight is 246 g/mol. The van der Waals surface area contributed by atoms with Crippen LogP contribution in [-0.4, -0.2) is 21.2 Å². The molecule has 0 bridgehead atoms. The topological polar surface area (TPSA) is 44.1 Å². The molecule has 2 aromatic heterocycles. The summed E-state index contributed by atoms with van der Waals surface area (Å²) in [6.45, 7) is 9.53. The van der Waals surface area contributed by atoms with Crippen LogP contribution in [0.3, 0.4) is 0 Å². The minimum absolute atomic E-state index is 0.368. The van der Waals surface area contributed by atoms with E-state index in [1.54, 1.807) is 6.20 Å². The number of aryl methyl sites for hydroxylation is 2. The molecule has 2 heterocycles. The van der Waals surface area contributed by atoms with Gasteiger partial charge in [-0.05, 0) is 51.8 Å². The van der Waals surface area contributed by atoms with Crippen molar-refractivity contribution in [2.45, 2.75) is 40.2 Å². The Hall–Kier alpha value is -1.84. The van der Waals surface area contributed by atoms with E-state index in [1.165, 1.54) is 4.57 Å². The minimum atomic E-state index is -0.501. The van der Waals surface area contributed by atoms with Crippen LogP contribution in [-0.2, 0) is 4.74 Å². The van der Waals surface area contributed by atoms with Crippen molar-refractivity contribution in [1.29, 1.82) is 0 Å². The van der Waals surface area contributed by atoms with E-state index in [9.17, 15) is 4.79 Å². The van der Waals surface area contributed by atoms with Crippen molar-refractivity contribution in [2.24, 2.45) is 0 Å². The van der Waals surface area contributed by atoms with E-state index in [0.717, 1.165) is 22.2 Å². The van der Waals surface area contributed by atoms with Crippen LogP contribution in [0.2, 0.25) is 0 Å². The number of rotatable bonds is 0. The summed E-state index contributed by atoms with van der Waals surface area (Å²) in [5.74, 6) is 0. The van der Waals surface area contributed by atoms with Gasteiger partial charge in [-0.15, -0.1) is 0 Å². The van der Waals surface area contributed by atoms with E-state index in [2.05, 4.69) is 4.98 Å². The van der Waals surface area contributed by atoms with E-state index < -0.39 is 5.60 Å². The molecule has 0 aliphatic heterocycles. The van der Waals surface area contributed by atoms with Crippen LogP contribution in [0, 0.1) is 13.8 Å². The van der Waals surface area contributed by atoms with Crippen molar-refractivity contribution in [1.82, 2.24) is 9.55 Å². The lowest BCUT2D eigenvalue weighted by atomic mass is 10.1.